The van der Waals surface area contributed by atoms with Crippen molar-refractivity contribution >= 4 is 53.0 Å². The van der Waals surface area contributed by atoms with E-state index in [1.54, 1.807) is 48.5 Å². The molecule has 5 N–H and O–H groups in total. The number of carbonyl (C=O) groups excluding carboxylic acids is 3. The van der Waals surface area contributed by atoms with E-state index in [4.69, 9.17) is 21.9 Å². The first-order valence-corrected chi connectivity index (χ1v) is 11.9. The van der Waals surface area contributed by atoms with Crippen molar-refractivity contribution in [1.82, 2.24) is 25.3 Å². The van der Waals surface area contributed by atoms with Gasteiger partial charge in [-0.15, -0.1) is 0 Å². The molecule has 36 heavy (non-hydrogen) atoms. The SMILES string of the molecule is CC1=NC(Oc2ccc(NC3NC(=O)N(CC(=O)NN=N)C(=O)N3Cc3ccc(Cl)cc3)cc2)SN1. The van der Waals surface area contributed by atoms with Gasteiger partial charge in [0.15, 0.2) is 6.29 Å². The number of hydrogen-bond acceptors (Lipinski definition) is 10. The summed E-state index contributed by atoms with van der Waals surface area (Å²) in [6, 6.07) is 12.4. The summed E-state index contributed by atoms with van der Waals surface area (Å²) in [6.45, 7) is 1.36. The van der Waals surface area contributed by atoms with Gasteiger partial charge in [-0.05, 0) is 48.9 Å². The van der Waals surface area contributed by atoms with Crippen LogP contribution in [0.25, 0.3) is 0 Å². The van der Waals surface area contributed by atoms with Gasteiger partial charge in [-0.3, -0.25) is 15.0 Å². The van der Waals surface area contributed by atoms with E-state index in [9.17, 15) is 14.4 Å². The van der Waals surface area contributed by atoms with E-state index in [1.807, 2.05) is 12.3 Å². The summed E-state index contributed by atoms with van der Waals surface area (Å²) in [4.78, 5) is 44.2. The van der Waals surface area contributed by atoms with E-state index in [0.29, 0.717) is 16.5 Å². The molecular formula is C21H22ClN9O4S. The van der Waals surface area contributed by atoms with Gasteiger partial charge in [0.25, 0.3) is 11.5 Å². The first-order valence-electron chi connectivity index (χ1n) is 10.6. The molecule has 188 valence electrons. The number of amidine groups is 1. The van der Waals surface area contributed by atoms with Crippen LogP contribution in [0.2, 0.25) is 5.02 Å². The third-order valence-corrected chi connectivity index (χ3v) is 6.11. The zero-order valence-electron chi connectivity index (χ0n) is 18.9. The van der Waals surface area contributed by atoms with Crippen molar-refractivity contribution in [2.45, 2.75) is 25.3 Å². The van der Waals surface area contributed by atoms with E-state index in [1.165, 1.54) is 16.8 Å². The lowest BCUT2D eigenvalue weighted by molar-refractivity contribution is -0.121. The highest BCUT2D eigenvalue weighted by Gasteiger charge is 2.39. The van der Waals surface area contributed by atoms with Crippen molar-refractivity contribution in [2.75, 3.05) is 11.9 Å². The Balaban J connectivity index is 1.50. The molecule has 2 atom stereocenters. The number of carbonyl (C=O) groups is 3. The lowest BCUT2D eigenvalue weighted by Crippen LogP contribution is -2.67. The van der Waals surface area contributed by atoms with Crippen LogP contribution in [0.5, 0.6) is 5.75 Å². The monoisotopic (exact) mass is 531 g/mol. The van der Waals surface area contributed by atoms with Crippen LogP contribution >= 0.6 is 23.5 Å². The smallest absolute Gasteiger partial charge is 0.332 e. The number of urea groups is 2. The lowest BCUT2D eigenvalue weighted by atomic mass is 10.2. The molecule has 0 radical (unpaired) electrons. The Morgan fingerprint density at radius 1 is 1.22 bits per heavy atom. The van der Waals surface area contributed by atoms with Gasteiger partial charge in [0.05, 0.1) is 6.54 Å². The van der Waals surface area contributed by atoms with Crippen LogP contribution in [0.15, 0.2) is 58.7 Å². The number of imide groups is 1. The summed E-state index contributed by atoms with van der Waals surface area (Å²) >= 11 is 7.32. The van der Waals surface area contributed by atoms with Gasteiger partial charge in [-0.1, -0.05) is 29.0 Å². The molecule has 0 bridgehead atoms. The van der Waals surface area contributed by atoms with Gasteiger partial charge < -0.3 is 14.8 Å². The maximum atomic E-state index is 13.2. The minimum absolute atomic E-state index is 0.110. The van der Waals surface area contributed by atoms with Gasteiger partial charge in [0.2, 0.25) is 0 Å². The molecular weight excluding hydrogens is 510 g/mol. The lowest BCUT2D eigenvalue weighted by Gasteiger charge is -2.41. The average molecular weight is 532 g/mol. The highest BCUT2D eigenvalue weighted by molar-refractivity contribution is 7.98. The fraction of sp³-hybridized carbons (Fsp3) is 0.238. The number of nitrogens with zero attached hydrogens (tertiary/aromatic N) is 4. The van der Waals surface area contributed by atoms with Crippen LogP contribution in [0.1, 0.15) is 12.5 Å². The first kappa shape index (κ1) is 25.1. The third-order valence-electron chi connectivity index (χ3n) is 5.04. The van der Waals surface area contributed by atoms with Crippen LogP contribution in [0, 0.1) is 5.53 Å². The van der Waals surface area contributed by atoms with Gasteiger partial charge >= 0.3 is 12.1 Å². The molecule has 1 fully saturated rings. The number of hydrogen-bond donors (Lipinski definition) is 5. The summed E-state index contributed by atoms with van der Waals surface area (Å²) in [5.74, 6) is 0.594. The molecule has 2 aromatic carbocycles. The van der Waals surface area contributed by atoms with Gasteiger partial charge in [-0.2, -0.15) is 5.53 Å². The minimum atomic E-state index is -0.922. The molecule has 4 rings (SSSR count). The Morgan fingerprint density at radius 3 is 2.58 bits per heavy atom. The fourth-order valence-corrected chi connectivity index (χ4v) is 4.19. The Morgan fingerprint density at radius 2 is 1.94 bits per heavy atom. The number of halogens is 1. The van der Waals surface area contributed by atoms with E-state index < -0.39 is 30.8 Å². The molecule has 1 saturated heterocycles. The number of aliphatic imine (C=N–C) groups is 1. The molecule has 13 nitrogen and oxygen atoms in total. The average Bonchev–Trinajstić information content (AvgIpc) is 3.26. The molecule has 0 aliphatic carbocycles. The topological polar surface area (TPSA) is 164 Å². The van der Waals surface area contributed by atoms with Crippen molar-refractivity contribution in [3.05, 3.63) is 59.1 Å². The number of ether oxygens (including phenoxy) is 1. The molecule has 2 aromatic rings. The van der Waals surface area contributed by atoms with E-state index in [-0.39, 0.29) is 12.1 Å². The van der Waals surface area contributed by atoms with Crippen molar-refractivity contribution in [3.8, 4) is 5.75 Å². The summed E-state index contributed by atoms with van der Waals surface area (Å²) in [7, 11) is 0. The first-order chi connectivity index (χ1) is 17.3. The molecule has 2 aliphatic heterocycles. The molecule has 0 aromatic heterocycles. The second kappa shape index (κ2) is 11.1. The standard InChI is InChI=1S/C21H22ClN9O4S/c1-12-24-20(36-28-12)35-16-8-6-15(7-9-16)25-18-26-19(33)31(11-17(32)27-29-23)21(34)30(18)10-13-2-4-14(22)5-3-13/h2-9,18,20,25H,10-11H2,1H3,(H,24,28)(H,26,33)(H2,23,27,32). The predicted octanol–water partition coefficient (Wildman–Crippen LogP) is 3.08. The summed E-state index contributed by atoms with van der Waals surface area (Å²) < 4.78 is 8.79. The Kier molecular flexibility index (Phi) is 7.75. The van der Waals surface area contributed by atoms with Crippen LogP contribution in [0.4, 0.5) is 15.3 Å². The van der Waals surface area contributed by atoms with Gasteiger partial charge in [-0.25, -0.2) is 24.9 Å². The predicted molar refractivity (Wildman–Crippen MR) is 133 cm³/mol. The number of amides is 5. The summed E-state index contributed by atoms with van der Waals surface area (Å²) in [6.07, 6.45) is -0.922. The maximum absolute atomic E-state index is 13.2. The molecule has 15 heteroatoms. The van der Waals surface area contributed by atoms with Crippen LogP contribution in [0.3, 0.4) is 0 Å². The van der Waals surface area contributed by atoms with E-state index >= 15 is 0 Å². The number of rotatable bonds is 9. The number of anilines is 1. The normalized spacial score (nSPS) is 19.2. The highest BCUT2D eigenvalue weighted by atomic mass is 35.5. The molecule has 5 amide bonds. The van der Waals surface area contributed by atoms with Crippen molar-refractivity contribution in [3.63, 3.8) is 0 Å². The van der Waals surface area contributed by atoms with Crippen LogP contribution in [-0.2, 0) is 11.3 Å². The minimum Gasteiger partial charge on any atom is -0.457 e. The third kappa shape index (κ3) is 6.14. The Hall–Kier alpha value is -4.04. The highest BCUT2D eigenvalue weighted by Crippen LogP contribution is 2.24. The molecule has 2 heterocycles. The van der Waals surface area contributed by atoms with Crippen molar-refractivity contribution in [1.29, 1.82) is 5.53 Å². The molecule has 0 saturated carbocycles. The summed E-state index contributed by atoms with van der Waals surface area (Å²) in [5, 5.41) is 9.13. The van der Waals surface area contributed by atoms with E-state index in [2.05, 4.69) is 25.6 Å². The van der Waals surface area contributed by atoms with Crippen LogP contribution < -0.4 is 25.5 Å². The molecule has 0 spiro atoms. The van der Waals surface area contributed by atoms with Gasteiger partial charge in [0.1, 0.15) is 18.1 Å². The summed E-state index contributed by atoms with van der Waals surface area (Å²) in [5.41, 5.74) is 9.61. The zero-order chi connectivity index (χ0) is 25.7. The molecule has 2 unspecified atom stereocenters. The largest absolute Gasteiger partial charge is 0.457 e. The Bertz CT molecular complexity index is 1180. The maximum Gasteiger partial charge on any atom is 0.332 e. The quantitative estimate of drug-likeness (QED) is 0.188. The van der Waals surface area contributed by atoms with Gasteiger partial charge in [0, 0.05) is 22.7 Å². The number of benzene rings is 2. The van der Waals surface area contributed by atoms with E-state index in [0.717, 1.165) is 16.3 Å². The fourth-order valence-electron chi connectivity index (χ4n) is 3.37. The van der Waals surface area contributed by atoms with Crippen molar-refractivity contribution < 1.29 is 19.1 Å². The second-order valence-corrected chi connectivity index (χ2v) is 8.93. The van der Waals surface area contributed by atoms with Crippen molar-refractivity contribution in [2.24, 2.45) is 10.2 Å². The Labute approximate surface area is 215 Å². The van der Waals surface area contributed by atoms with Crippen LogP contribution in [-0.4, -0.2) is 52.0 Å². The second-order valence-electron chi connectivity index (χ2n) is 7.65. The molecule has 2 aliphatic rings. The zero-order valence-corrected chi connectivity index (χ0v) is 20.5. The number of nitrogens with one attached hydrogen (secondary N) is 5.